The highest BCUT2D eigenvalue weighted by atomic mass is 32.2. The van der Waals surface area contributed by atoms with Crippen molar-refractivity contribution >= 4 is 33.0 Å². The zero-order chi connectivity index (χ0) is 19.4. The molecule has 8 heteroatoms. The molecule has 1 amide bonds. The maximum Gasteiger partial charge on any atom is 0.271 e. The third-order valence-electron chi connectivity index (χ3n) is 3.79. The lowest BCUT2D eigenvalue weighted by Gasteiger charge is -2.10. The van der Waals surface area contributed by atoms with Gasteiger partial charge in [-0.3, -0.25) is 9.52 Å². The summed E-state index contributed by atoms with van der Waals surface area (Å²) in [5.41, 5.74) is 2.29. The van der Waals surface area contributed by atoms with Crippen molar-refractivity contribution in [3.63, 3.8) is 0 Å². The van der Waals surface area contributed by atoms with Gasteiger partial charge >= 0.3 is 0 Å². The molecular weight excluding hydrogens is 384 g/mol. The summed E-state index contributed by atoms with van der Waals surface area (Å²) < 4.78 is 27.0. The highest BCUT2D eigenvalue weighted by Gasteiger charge is 2.17. The van der Waals surface area contributed by atoms with Gasteiger partial charge in [-0.15, -0.1) is 11.3 Å². The summed E-state index contributed by atoms with van der Waals surface area (Å²) in [6.45, 7) is 2.29. The van der Waals surface area contributed by atoms with Crippen LogP contribution in [0.2, 0.25) is 0 Å². The number of amides is 1. The van der Waals surface area contributed by atoms with Gasteiger partial charge in [0.1, 0.15) is 9.96 Å². The number of aryl methyl sites for hydroxylation is 1. The normalized spacial score (nSPS) is 11.1. The maximum atomic E-state index is 12.3. The number of anilines is 1. The molecule has 1 aromatic heterocycles. The van der Waals surface area contributed by atoms with Gasteiger partial charge in [0.25, 0.3) is 15.9 Å². The van der Waals surface area contributed by atoms with E-state index in [0.717, 1.165) is 22.5 Å². The summed E-state index contributed by atoms with van der Waals surface area (Å²) in [6.07, 6.45) is 0. The van der Waals surface area contributed by atoms with E-state index in [1.807, 2.05) is 31.2 Å². The van der Waals surface area contributed by atoms with Crippen molar-refractivity contribution in [2.75, 3.05) is 4.72 Å². The molecule has 140 valence electrons. The number of carbonyl (C=O) groups excluding carboxylic acids is 1. The van der Waals surface area contributed by atoms with Crippen molar-refractivity contribution in [2.45, 2.75) is 17.7 Å². The van der Waals surface area contributed by atoms with Crippen LogP contribution in [0, 0.1) is 6.92 Å². The minimum Gasteiger partial charge on any atom is -0.507 e. The fourth-order valence-corrected chi connectivity index (χ4v) is 4.55. The number of nitrogens with one attached hydrogen (secondary N) is 2. The van der Waals surface area contributed by atoms with E-state index in [9.17, 15) is 18.3 Å². The number of carbonyl (C=O) groups is 1. The summed E-state index contributed by atoms with van der Waals surface area (Å²) in [5.74, 6) is -0.746. The van der Waals surface area contributed by atoms with Gasteiger partial charge in [-0.25, -0.2) is 8.42 Å². The number of sulfonamides is 1. The fourth-order valence-electron chi connectivity index (χ4n) is 2.51. The molecule has 0 saturated heterocycles. The second kappa shape index (κ2) is 7.81. The van der Waals surface area contributed by atoms with Gasteiger partial charge < -0.3 is 10.4 Å². The van der Waals surface area contributed by atoms with Crippen LogP contribution in [0.15, 0.2) is 64.2 Å². The Balaban J connectivity index is 1.70. The molecule has 0 aliphatic carbocycles. The number of aromatic hydroxyl groups is 1. The molecule has 0 spiro atoms. The van der Waals surface area contributed by atoms with Crippen molar-refractivity contribution in [3.8, 4) is 5.75 Å². The molecule has 3 aromatic rings. The van der Waals surface area contributed by atoms with Crippen LogP contribution in [0.3, 0.4) is 0 Å². The number of benzene rings is 2. The number of phenolic OH excluding ortho intramolecular Hbond substituents is 1. The quantitative estimate of drug-likeness (QED) is 0.588. The molecule has 27 heavy (non-hydrogen) atoms. The summed E-state index contributed by atoms with van der Waals surface area (Å²) in [6, 6.07) is 14.9. The number of hydrogen-bond donors (Lipinski definition) is 3. The summed E-state index contributed by atoms with van der Waals surface area (Å²) in [4.78, 5) is 12.3. The molecule has 0 bridgehead atoms. The van der Waals surface area contributed by atoms with E-state index in [-0.39, 0.29) is 21.2 Å². The van der Waals surface area contributed by atoms with E-state index >= 15 is 0 Å². The lowest BCUT2D eigenvalue weighted by molar-refractivity contribution is 0.0948. The largest absolute Gasteiger partial charge is 0.507 e. The van der Waals surface area contributed by atoms with Gasteiger partial charge in [0.15, 0.2) is 0 Å². The van der Waals surface area contributed by atoms with Crippen molar-refractivity contribution in [1.29, 1.82) is 0 Å². The van der Waals surface area contributed by atoms with E-state index in [0.29, 0.717) is 6.54 Å². The van der Waals surface area contributed by atoms with Gasteiger partial charge in [-0.05, 0) is 36.1 Å². The maximum absolute atomic E-state index is 12.3. The third-order valence-corrected chi connectivity index (χ3v) is 6.57. The van der Waals surface area contributed by atoms with E-state index < -0.39 is 15.9 Å². The molecule has 0 atom stereocenters. The summed E-state index contributed by atoms with van der Waals surface area (Å²) >= 11 is 1.09. The van der Waals surface area contributed by atoms with Gasteiger partial charge in [0.2, 0.25) is 0 Å². The fraction of sp³-hybridized carbons (Fsp3) is 0.105. The molecular formula is C19H18N2O4S2. The molecule has 0 fully saturated rings. The Kier molecular flexibility index (Phi) is 5.48. The highest BCUT2D eigenvalue weighted by Crippen LogP contribution is 2.25. The van der Waals surface area contributed by atoms with Crippen molar-refractivity contribution in [3.05, 3.63) is 76.7 Å². The van der Waals surface area contributed by atoms with Crippen LogP contribution < -0.4 is 10.0 Å². The van der Waals surface area contributed by atoms with E-state index in [4.69, 9.17) is 0 Å². The molecule has 0 radical (unpaired) electrons. The first-order valence-electron chi connectivity index (χ1n) is 8.08. The second-order valence-electron chi connectivity index (χ2n) is 5.94. The van der Waals surface area contributed by atoms with Crippen molar-refractivity contribution in [1.82, 2.24) is 5.32 Å². The van der Waals surface area contributed by atoms with Crippen molar-refractivity contribution in [2.24, 2.45) is 0 Å². The van der Waals surface area contributed by atoms with Gasteiger partial charge in [-0.1, -0.05) is 35.9 Å². The molecule has 0 saturated carbocycles. The Morgan fingerprint density at radius 3 is 2.59 bits per heavy atom. The predicted octanol–water partition coefficient (Wildman–Crippen LogP) is 3.49. The zero-order valence-electron chi connectivity index (χ0n) is 14.5. The SMILES string of the molecule is Cc1cccc(CNC(=O)c2ccc(NS(=O)(=O)c3cccs3)cc2O)c1. The average molecular weight is 402 g/mol. The van der Waals surface area contributed by atoms with Crippen LogP contribution >= 0.6 is 11.3 Å². The second-order valence-corrected chi connectivity index (χ2v) is 8.80. The van der Waals surface area contributed by atoms with E-state index in [2.05, 4.69) is 10.0 Å². The molecule has 2 aromatic carbocycles. The first-order chi connectivity index (χ1) is 12.8. The number of phenols is 1. The first-order valence-corrected chi connectivity index (χ1v) is 10.4. The first kappa shape index (κ1) is 18.9. The molecule has 1 heterocycles. The summed E-state index contributed by atoms with van der Waals surface area (Å²) in [7, 11) is -3.71. The van der Waals surface area contributed by atoms with Crippen LogP contribution in [0.25, 0.3) is 0 Å². The standard InChI is InChI=1S/C19H18N2O4S2/c1-13-4-2-5-14(10-13)12-20-19(23)16-8-7-15(11-17(16)22)21-27(24,25)18-6-3-9-26-18/h2-11,21-22H,12H2,1H3,(H,20,23). The smallest absolute Gasteiger partial charge is 0.271 e. The predicted molar refractivity (Wildman–Crippen MR) is 106 cm³/mol. The van der Waals surface area contributed by atoms with E-state index in [1.165, 1.54) is 24.3 Å². The molecule has 0 unspecified atom stereocenters. The Bertz CT molecular complexity index is 1060. The van der Waals surface area contributed by atoms with Gasteiger partial charge in [0, 0.05) is 12.6 Å². The number of thiophene rings is 1. The summed E-state index contributed by atoms with van der Waals surface area (Å²) in [5, 5.41) is 14.5. The Morgan fingerprint density at radius 1 is 1.11 bits per heavy atom. The number of rotatable bonds is 6. The monoisotopic (exact) mass is 402 g/mol. The van der Waals surface area contributed by atoms with Crippen LogP contribution in [0.1, 0.15) is 21.5 Å². The van der Waals surface area contributed by atoms with Crippen LogP contribution in [-0.2, 0) is 16.6 Å². The topological polar surface area (TPSA) is 95.5 Å². The van der Waals surface area contributed by atoms with Crippen LogP contribution in [0.5, 0.6) is 5.75 Å². The Morgan fingerprint density at radius 2 is 1.93 bits per heavy atom. The minimum absolute atomic E-state index is 0.0710. The van der Waals surface area contributed by atoms with Crippen LogP contribution in [0.4, 0.5) is 5.69 Å². The third kappa shape index (κ3) is 4.66. The highest BCUT2D eigenvalue weighted by molar-refractivity contribution is 7.94. The Hall–Kier alpha value is -2.84. The lowest BCUT2D eigenvalue weighted by Crippen LogP contribution is -2.23. The molecule has 3 N–H and O–H groups in total. The van der Waals surface area contributed by atoms with Gasteiger partial charge in [-0.2, -0.15) is 0 Å². The van der Waals surface area contributed by atoms with Crippen LogP contribution in [-0.4, -0.2) is 19.4 Å². The lowest BCUT2D eigenvalue weighted by atomic mass is 10.1. The van der Waals surface area contributed by atoms with Gasteiger partial charge in [0.05, 0.1) is 11.3 Å². The molecule has 3 rings (SSSR count). The minimum atomic E-state index is -3.71. The van der Waals surface area contributed by atoms with E-state index in [1.54, 1.807) is 11.4 Å². The average Bonchev–Trinajstić information content (AvgIpc) is 3.15. The molecule has 6 nitrogen and oxygen atoms in total. The van der Waals surface area contributed by atoms with Crippen molar-refractivity contribution < 1.29 is 18.3 Å². The number of hydrogen-bond acceptors (Lipinski definition) is 5. The molecule has 0 aliphatic heterocycles. The Labute approximate surface area is 161 Å². The molecule has 0 aliphatic rings. The zero-order valence-corrected chi connectivity index (χ0v) is 16.1.